The molecule has 1 amide bonds. The molecule has 1 fully saturated rings. The van der Waals surface area contributed by atoms with Gasteiger partial charge < -0.3 is 4.90 Å². The molecule has 0 spiro atoms. The van der Waals surface area contributed by atoms with Gasteiger partial charge in [0.25, 0.3) is 0 Å². The van der Waals surface area contributed by atoms with Gasteiger partial charge in [-0.15, -0.1) is 0 Å². The highest BCUT2D eigenvalue weighted by Gasteiger charge is 2.30. The Kier molecular flexibility index (Phi) is 5.97. The van der Waals surface area contributed by atoms with Crippen LogP contribution in [0, 0.1) is 10.8 Å². The molecule has 0 aliphatic carbocycles. The van der Waals surface area contributed by atoms with E-state index in [9.17, 15) is 9.59 Å². The number of carbonyl (C=O) groups is 2. The summed E-state index contributed by atoms with van der Waals surface area (Å²) in [5.74, 6) is 0.452. The van der Waals surface area contributed by atoms with Crippen molar-refractivity contribution < 1.29 is 9.59 Å². The van der Waals surface area contributed by atoms with Crippen LogP contribution in [-0.2, 0) is 9.59 Å². The van der Waals surface area contributed by atoms with Gasteiger partial charge in [-0.3, -0.25) is 14.5 Å². The van der Waals surface area contributed by atoms with Gasteiger partial charge in [-0.05, 0) is 24.2 Å². The Morgan fingerprint density at radius 2 is 1.48 bits per heavy atom. The normalized spacial score (nSPS) is 17.9. The molecule has 1 aliphatic rings. The highest BCUT2D eigenvalue weighted by molar-refractivity contribution is 5.78. The quantitative estimate of drug-likeness (QED) is 0.783. The molecular weight excluding hydrogens is 264 g/mol. The first-order valence-corrected chi connectivity index (χ1v) is 7.98. The van der Waals surface area contributed by atoms with Crippen molar-refractivity contribution in [1.29, 1.82) is 0 Å². The molecule has 0 aromatic carbocycles. The van der Waals surface area contributed by atoms with Crippen molar-refractivity contribution >= 4 is 11.7 Å². The fourth-order valence-corrected chi connectivity index (χ4v) is 3.49. The fourth-order valence-electron chi connectivity index (χ4n) is 3.49. The van der Waals surface area contributed by atoms with Crippen LogP contribution < -0.4 is 0 Å². The van der Waals surface area contributed by atoms with E-state index < -0.39 is 0 Å². The van der Waals surface area contributed by atoms with Gasteiger partial charge >= 0.3 is 0 Å². The van der Waals surface area contributed by atoms with E-state index in [2.05, 4.69) is 39.5 Å². The van der Waals surface area contributed by atoms with Gasteiger partial charge in [-0.2, -0.15) is 0 Å². The number of piperazine rings is 1. The minimum Gasteiger partial charge on any atom is -0.340 e. The summed E-state index contributed by atoms with van der Waals surface area (Å²) in [6.45, 7) is 16.3. The Balaban J connectivity index is 2.45. The fraction of sp³-hybridized carbons (Fsp3) is 0.882. The average Bonchev–Trinajstić information content (AvgIpc) is 2.24. The van der Waals surface area contributed by atoms with Crippen LogP contribution in [0.4, 0.5) is 0 Å². The summed E-state index contributed by atoms with van der Waals surface area (Å²) in [4.78, 5) is 27.7. The van der Waals surface area contributed by atoms with E-state index >= 15 is 0 Å². The predicted octanol–water partition coefficient (Wildman–Crippen LogP) is 2.57. The molecule has 0 N–H and O–H groups in total. The van der Waals surface area contributed by atoms with E-state index in [4.69, 9.17) is 0 Å². The summed E-state index contributed by atoms with van der Waals surface area (Å²) >= 11 is 0. The topological polar surface area (TPSA) is 40.6 Å². The second-order valence-corrected chi connectivity index (χ2v) is 8.44. The summed E-state index contributed by atoms with van der Waals surface area (Å²) in [7, 11) is 0. The van der Waals surface area contributed by atoms with Crippen molar-refractivity contribution in [3.8, 4) is 0 Å². The van der Waals surface area contributed by atoms with Crippen molar-refractivity contribution in [3.63, 3.8) is 0 Å². The number of hydrogen-bond acceptors (Lipinski definition) is 3. The summed E-state index contributed by atoms with van der Waals surface area (Å²) < 4.78 is 0. The molecule has 0 radical (unpaired) electrons. The maximum Gasteiger partial charge on any atom is 0.223 e. The van der Waals surface area contributed by atoms with Crippen LogP contribution in [0.25, 0.3) is 0 Å². The van der Waals surface area contributed by atoms with Gasteiger partial charge in [-0.25, -0.2) is 0 Å². The first-order valence-electron chi connectivity index (χ1n) is 7.98. The Hall–Kier alpha value is -0.900. The molecule has 1 heterocycles. The highest BCUT2D eigenvalue weighted by Crippen LogP contribution is 2.36. The van der Waals surface area contributed by atoms with E-state index in [0.717, 1.165) is 32.6 Å². The van der Waals surface area contributed by atoms with Gasteiger partial charge in [0.2, 0.25) is 5.91 Å². The lowest BCUT2D eigenvalue weighted by atomic mass is 9.74. The van der Waals surface area contributed by atoms with Gasteiger partial charge in [-0.1, -0.05) is 34.6 Å². The molecule has 0 bridgehead atoms. The van der Waals surface area contributed by atoms with Crippen molar-refractivity contribution in [2.45, 2.75) is 54.4 Å². The third kappa shape index (κ3) is 7.07. The van der Waals surface area contributed by atoms with Crippen LogP contribution in [0.1, 0.15) is 54.4 Å². The Morgan fingerprint density at radius 1 is 0.952 bits per heavy atom. The maximum absolute atomic E-state index is 12.5. The highest BCUT2D eigenvalue weighted by atomic mass is 16.2. The van der Waals surface area contributed by atoms with E-state index in [1.165, 1.54) is 0 Å². The zero-order valence-corrected chi connectivity index (χ0v) is 14.7. The Morgan fingerprint density at radius 3 is 1.90 bits per heavy atom. The van der Waals surface area contributed by atoms with E-state index in [-0.39, 0.29) is 22.5 Å². The zero-order chi connectivity index (χ0) is 16.3. The molecule has 0 unspecified atom stereocenters. The van der Waals surface area contributed by atoms with E-state index in [1.54, 1.807) is 6.92 Å². The summed E-state index contributed by atoms with van der Waals surface area (Å²) in [5.41, 5.74) is 0.274. The number of ketones is 1. The van der Waals surface area contributed by atoms with Crippen LogP contribution in [0.15, 0.2) is 0 Å². The molecule has 122 valence electrons. The van der Waals surface area contributed by atoms with Crippen LogP contribution in [0.3, 0.4) is 0 Å². The van der Waals surface area contributed by atoms with Gasteiger partial charge in [0, 0.05) is 32.6 Å². The molecule has 1 aliphatic heterocycles. The molecule has 1 rings (SSSR count). The minimum atomic E-state index is 0.0336. The molecule has 4 heteroatoms. The maximum atomic E-state index is 12.5. The van der Waals surface area contributed by atoms with E-state index in [1.807, 2.05) is 4.90 Å². The number of carbonyl (C=O) groups excluding carboxylic acids is 2. The third-order valence-electron chi connectivity index (χ3n) is 3.81. The molecule has 0 atom stereocenters. The third-order valence-corrected chi connectivity index (χ3v) is 3.81. The zero-order valence-electron chi connectivity index (χ0n) is 14.7. The number of nitrogens with zero attached hydrogens (tertiary/aromatic N) is 2. The van der Waals surface area contributed by atoms with Crippen LogP contribution in [-0.4, -0.2) is 54.2 Å². The smallest absolute Gasteiger partial charge is 0.223 e. The lowest BCUT2D eigenvalue weighted by Gasteiger charge is -2.37. The second-order valence-electron chi connectivity index (χ2n) is 8.44. The van der Waals surface area contributed by atoms with Crippen molar-refractivity contribution in [2.75, 3.05) is 32.7 Å². The first-order chi connectivity index (χ1) is 9.48. The summed E-state index contributed by atoms with van der Waals surface area (Å²) in [6.07, 6.45) is 1.65. The molecule has 0 saturated carbocycles. The molecule has 4 nitrogen and oxygen atoms in total. The van der Waals surface area contributed by atoms with Crippen LogP contribution in [0.5, 0.6) is 0 Å². The SMILES string of the molecule is CC(=O)CN1CCN(C(=O)CC(C)(C)CC(C)(C)C)CC1. The van der Waals surface area contributed by atoms with Gasteiger partial charge in [0.1, 0.15) is 5.78 Å². The number of Topliss-reactive ketones (excluding diaryl/α,β-unsaturated/α-hetero) is 1. The molecular formula is C17H32N2O2. The van der Waals surface area contributed by atoms with Gasteiger partial charge in [0.05, 0.1) is 6.54 Å². The molecule has 0 aromatic rings. The number of hydrogen-bond donors (Lipinski definition) is 0. The first kappa shape index (κ1) is 18.1. The standard InChI is InChI=1S/C17H32N2O2/c1-14(20)12-18-7-9-19(10-8-18)15(21)11-17(5,6)13-16(2,3)4/h7-13H2,1-6H3. The minimum absolute atomic E-state index is 0.0336. The lowest BCUT2D eigenvalue weighted by Crippen LogP contribution is -2.50. The second kappa shape index (κ2) is 6.91. The molecule has 0 aromatic heterocycles. The Labute approximate surface area is 129 Å². The monoisotopic (exact) mass is 296 g/mol. The molecule has 1 saturated heterocycles. The number of amides is 1. The lowest BCUT2D eigenvalue weighted by molar-refractivity contribution is -0.135. The van der Waals surface area contributed by atoms with Crippen molar-refractivity contribution in [3.05, 3.63) is 0 Å². The van der Waals surface area contributed by atoms with Crippen LogP contribution in [0.2, 0.25) is 0 Å². The Bertz CT molecular complexity index is 375. The molecule has 21 heavy (non-hydrogen) atoms. The number of rotatable bonds is 5. The summed E-state index contributed by atoms with van der Waals surface area (Å²) in [6, 6.07) is 0. The van der Waals surface area contributed by atoms with E-state index in [0.29, 0.717) is 13.0 Å². The van der Waals surface area contributed by atoms with Crippen LogP contribution >= 0.6 is 0 Å². The average molecular weight is 296 g/mol. The van der Waals surface area contributed by atoms with Gasteiger partial charge in [0.15, 0.2) is 0 Å². The predicted molar refractivity (Wildman–Crippen MR) is 86.2 cm³/mol. The summed E-state index contributed by atoms with van der Waals surface area (Å²) in [5, 5.41) is 0. The van der Waals surface area contributed by atoms with Crippen molar-refractivity contribution in [2.24, 2.45) is 10.8 Å². The van der Waals surface area contributed by atoms with Crippen molar-refractivity contribution in [1.82, 2.24) is 9.80 Å². The largest absolute Gasteiger partial charge is 0.340 e.